The highest BCUT2D eigenvalue weighted by Gasteiger charge is 2.26. The number of amides is 2. The minimum atomic E-state index is -0.187. The van der Waals surface area contributed by atoms with E-state index in [0.29, 0.717) is 5.69 Å². The van der Waals surface area contributed by atoms with Crippen LogP contribution in [-0.2, 0) is 9.59 Å². The zero-order valence-corrected chi connectivity index (χ0v) is 16.7. The Morgan fingerprint density at radius 1 is 1.25 bits per heavy atom. The molecule has 0 bridgehead atoms. The van der Waals surface area contributed by atoms with E-state index in [0.717, 1.165) is 27.0 Å². The summed E-state index contributed by atoms with van der Waals surface area (Å²) in [7, 11) is 1.63. The zero-order valence-electron chi connectivity index (χ0n) is 15.0. The van der Waals surface area contributed by atoms with Gasteiger partial charge in [0.1, 0.15) is 12.3 Å². The van der Waals surface area contributed by atoms with Gasteiger partial charge in [-0.3, -0.25) is 9.59 Å². The quantitative estimate of drug-likeness (QED) is 0.645. The number of methoxy groups -OCH3 is 1. The average molecular weight is 412 g/mol. The van der Waals surface area contributed by atoms with Gasteiger partial charge in [0.2, 0.25) is 11.8 Å². The third-order valence-electron chi connectivity index (χ3n) is 4.26. The summed E-state index contributed by atoms with van der Waals surface area (Å²) in [5, 5.41) is 4.76. The summed E-state index contributed by atoms with van der Waals surface area (Å²) in [6, 6.07) is 15.0. The van der Waals surface area contributed by atoms with Gasteiger partial charge in [-0.2, -0.15) is 0 Å². The van der Waals surface area contributed by atoms with Crippen molar-refractivity contribution in [2.45, 2.75) is 4.34 Å². The second kappa shape index (κ2) is 8.04. The number of rotatable bonds is 5. The number of nitrogens with one attached hydrogen (secondary N) is 1. The van der Waals surface area contributed by atoms with Crippen molar-refractivity contribution in [2.75, 3.05) is 29.6 Å². The first kappa shape index (κ1) is 18.5. The largest absolute Gasteiger partial charge is 0.497 e. The van der Waals surface area contributed by atoms with Crippen LogP contribution in [0.25, 0.3) is 11.3 Å². The molecule has 0 unspecified atom stereocenters. The number of hydrogen-bond acceptors (Lipinski definition) is 6. The van der Waals surface area contributed by atoms with E-state index in [1.807, 2.05) is 47.8 Å². The number of thiazole rings is 1. The van der Waals surface area contributed by atoms with Gasteiger partial charge in [0.15, 0.2) is 4.34 Å². The lowest BCUT2D eigenvalue weighted by Crippen LogP contribution is -2.43. The van der Waals surface area contributed by atoms with Gasteiger partial charge in [0, 0.05) is 10.9 Å². The van der Waals surface area contributed by atoms with Crippen molar-refractivity contribution in [3.05, 3.63) is 53.9 Å². The molecule has 3 aromatic rings. The van der Waals surface area contributed by atoms with Crippen molar-refractivity contribution in [2.24, 2.45) is 0 Å². The Morgan fingerprint density at radius 3 is 2.82 bits per heavy atom. The topological polar surface area (TPSA) is 71.5 Å². The predicted molar refractivity (Wildman–Crippen MR) is 112 cm³/mol. The lowest BCUT2D eigenvalue weighted by atomic mass is 10.2. The van der Waals surface area contributed by atoms with Gasteiger partial charge in [-0.15, -0.1) is 11.3 Å². The van der Waals surface area contributed by atoms with Crippen LogP contribution in [0.15, 0.2) is 58.3 Å². The smallest absolute Gasteiger partial charge is 0.244 e. The molecule has 0 saturated heterocycles. The van der Waals surface area contributed by atoms with E-state index >= 15 is 0 Å². The van der Waals surface area contributed by atoms with Crippen LogP contribution < -0.4 is 15.0 Å². The molecule has 0 aliphatic carbocycles. The van der Waals surface area contributed by atoms with Crippen molar-refractivity contribution >= 4 is 46.3 Å². The molecule has 142 valence electrons. The van der Waals surface area contributed by atoms with E-state index < -0.39 is 0 Å². The molecular weight excluding hydrogens is 394 g/mol. The summed E-state index contributed by atoms with van der Waals surface area (Å²) in [5.74, 6) is 0.712. The Bertz CT molecular complexity index is 1020. The maximum absolute atomic E-state index is 12.7. The molecule has 0 atom stereocenters. The number of anilines is 2. The maximum atomic E-state index is 12.7. The number of para-hydroxylation sites is 2. The minimum absolute atomic E-state index is 0.0331. The number of fused-ring (bicyclic) bond motifs is 1. The molecule has 2 heterocycles. The van der Waals surface area contributed by atoms with Gasteiger partial charge >= 0.3 is 0 Å². The summed E-state index contributed by atoms with van der Waals surface area (Å²) in [4.78, 5) is 30.7. The molecule has 28 heavy (non-hydrogen) atoms. The minimum Gasteiger partial charge on any atom is -0.497 e. The van der Waals surface area contributed by atoms with Crippen LogP contribution in [0.3, 0.4) is 0 Å². The second-order valence-electron chi connectivity index (χ2n) is 6.06. The number of benzene rings is 2. The normalized spacial score (nSPS) is 13.0. The van der Waals surface area contributed by atoms with Gasteiger partial charge in [0.25, 0.3) is 0 Å². The highest BCUT2D eigenvalue weighted by Crippen LogP contribution is 2.32. The number of aromatic nitrogens is 1. The lowest BCUT2D eigenvalue weighted by Gasteiger charge is -2.28. The molecule has 1 aliphatic heterocycles. The number of nitrogens with zero attached hydrogens (tertiary/aromatic N) is 2. The number of ether oxygens (including phenoxy) is 1. The van der Waals surface area contributed by atoms with Crippen LogP contribution >= 0.6 is 23.1 Å². The molecule has 0 spiro atoms. The summed E-state index contributed by atoms with van der Waals surface area (Å²) in [6.07, 6.45) is 0. The summed E-state index contributed by atoms with van der Waals surface area (Å²) in [6.45, 7) is 0.0331. The Labute approximate surface area is 170 Å². The monoisotopic (exact) mass is 411 g/mol. The fourth-order valence-corrected chi connectivity index (χ4v) is 4.59. The van der Waals surface area contributed by atoms with E-state index in [-0.39, 0.29) is 24.1 Å². The van der Waals surface area contributed by atoms with E-state index in [9.17, 15) is 9.59 Å². The van der Waals surface area contributed by atoms with E-state index in [1.54, 1.807) is 13.2 Å². The summed E-state index contributed by atoms with van der Waals surface area (Å²) in [5.41, 5.74) is 3.25. The Hall–Kier alpha value is -2.84. The number of thioether (sulfide) groups is 1. The number of carbonyl (C=O) groups is 2. The van der Waals surface area contributed by atoms with Crippen LogP contribution in [-0.4, -0.2) is 36.2 Å². The standard InChI is InChI=1S/C20H17N3O3S2/c1-26-14-8-6-13(7-9-14)16-11-27-20(22-16)28-12-19(25)23-10-18(24)21-15-4-2-3-5-17(15)23/h2-9,11H,10,12H2,1H3,(H,21,24). The van der Waals surface area contributed by atoms with E-state index in [2.05, 4.69) is 10.3 Å². The van der Waals surface area contributed by atoms with Crippen LogP contribution in [0.4, 0.5) is 11.4 Å². The van der Waals surface area contributed by atoms with Gasteiger partial charge < -0.3 is 15.0 Å². The number of carbonyl (C=O) groups excluding carboxylic acids is 2. The van der Waals surface area contributed by atoms with Crippen molar-refractivity contribution in [1.29, 1.82) is 0 Å². The van der Waals surface area contributed by atoms with Crippen molar-refractivity contribution in [3.8, 4) is 17.0 Å². The van der Waals surface area contributed by atoms with Gasteiger partial charge in [-0.25, -0.2) is 4.98 Å². The molecular formula is C20H17N3O3S2. The SMILES string of the molecule is COc1ccc(-c2csc(SCC(=O)N3CC(=O)Nc4ccccc43)n2)cc1. The Balaban J connectivity index is 1.43. The van der Waals surface area contributed by atoms with Gasteiger partial charge in [-0.05, 0) is 36.4 Å². The van der Waals surface area contributed by atoms with Crippen molar-refractivity contribution < 1.29 is 14.3 Å². The number of hydrogen-bond donors (Lipinski definition) is 1. The van der Waals surface area contributed by atoms with Crippen LogP contribution in [0.5, 0.6) is 5.75 Å². The van der Waals surface area contributed by atoms with Crippen molar-refractivity contribution in [1.82, 2.24) is 4.98 Å². The molecule has 2 amide bonds. The van der Waals surface area contributed by atoms with Gasteiger partial charge in [0.05, 0.1) is 29.9 Å². The average Bonchev–Trinajstić information content (AvgIpc) is 3.20. The third kappa shape index (κ3) is 3.88. The second-order valence-corrected chi connectivity index (χ2v) is 8.14. The molecule has 1 aliphatic rings. The first-order valence-corrected chi connectivity index (χ1v) is 10.4. The van der Waals surface area contributed by atoms with E-state index in [1.165, 1.54) is 28.0 Å². The summed E-state index contributed by atoms with van der Waals surface area (Å²) >= 11 is 2.88. The molecule has 0 saturated carbocycles. The van der Waals surface area contributed by atoms with Crippen LogP contribution in [0.1, 0.15) is 0 Å². The summed E-state index contributed by atoms with van der Waals surface area (Å²) < 4.78 is 5.99. The fourth-order valence-electron chi connectivity index (χ4n) is 2.88. The van der Waals surface area contributed by atoms with E-state index in [4.69, 9.17) is 4.74 Å². The Kier molecular flexibility index (Phi) is 5.31. The molecule has 1 N–H and O–H groups in total. The lowest BCUT2D eigenvalue weighted by molar-refractivity contribution is -0.120. The third-order valence-corrected chi connectivity index (χ3v) is 6.27. The van der Waals surface area contributed by atoms with Crippen LogP contribution in [0.2, 0.25) is 0 Å². The first-order valence-electron chi connectivity index (χ1n) is 8.56. The first-order chi connectivity index (χ1) is 13.6. The molecule has 0 radical (unpaired) electrons. The molecule has 6 nitrogen and oxygen atoms in total. The highest BCUT2D eigenvalue weighted by molar-refractivity contribution is 8.01. The fraction of sp³-hybridized carbons (Fsp3) is 0.150. The molecule has 2 aromatic carbocycles. The zero-order chi connectivity index (χ0) is 19.5. The predicted octanol–water partition coefficient (Wildman–Crippen LogP) is 3.90. The van der Waals surface area contributed by atoms with Crippen molar-refractivity contribution in [3.63, 3.8) is 0 Å². The maximum Gasteiger partial charge on any atom is 0.244 e. The van der Waals surface area contributed by atoms with Gasteiger partial charge in [-0.1, -0.05) is 23.9 Å². The highest BCUT2D eigenvalue weighted by atomic mass is 32.2. The molecule has 0 fully saturated rings. The Morgan fingerprint density at radius 2 is 2.04 bits per heavy atom. The molecule has 8 heteroatoms. The van der Waals surface area contributed by atoms with Crippen LogP contribution in [0, 0.1) is 0 Å². The molecule has 1 aromatic heterocycles. The molecule has 4 rings (SSSR count).